The Morgan fingerprint density at radius 2 is 2.24 bits per heavy atom. The highest BCUT2D eigenvalue weighted by Gasteiger charge is 2.18. The molecule has 0 bridgehead atoms. The molecule has 0 radical (unpaired) electrons. The lowest BCUT2D eigenvalue weighted by Gasteiger charge is -2.07. The highest BCUT2D eigenvalue weighted by Crippen LogP contribution is 2.20. The molecule has 0 aliphatic rings. The molecule has 1 unspecified atom stereocenters. The Hall–Kier alpha value is -2.17. The molecule has 0 amide bonds. The first-order valence-electron chi connectivity index (χ1n) is 5.29. The molecular formula is C12H13N3O2. The number of carbonyl (C=O) groups is 1. The van der Waals surface area contributed by atoms with Crippen LogP contribution in [-0.4, -0.2) is 26.0 Å². The Morgan fingerprint density at radius 1 is 1.47 bits per heavy atom. The molecule has 88 valence electrons. The summed E-state index contributed by atoms with van der Waals surface area (Å²) < 4.78 is 0. The Morgan fingerprint density at radius 3 is 2.82 bits per heavy atom. The molecule has 2 aromatic rings. The zero-order valence-electron chi connectivity index (χ0n) is 9.64. The van der Waals surface area contributed by atoms with Crippen molar-refractivity contribution in [3.63, 3.8) is 0 Å². The smallest absolute Gasteiger partial charge is 0.313 e. The van der Waals surface area contributed by atoms with Crippen LogP contribution in [0.5, 0.6) is 0 Å². The van der Waals surface area contributed by atoms with Crippen LogP contribution in [0.3, 0.4) is 0 Å². The van der Waals surface area contributed by atoms with E-state index >= 15 is 0 Å². The monoisotopic (exact) mass is 231 g/mol. The van der Waals surface area contributed by atoms with Crippen LogP contribution < -0.4 is 0 Å². The molecular weight excluding hydrogens is 218 g/mol. The largest absolute Gasteiger partial charge is 0.481 e. The predicted octanol–water partition coefficient (Wildman–Crippen LogP) is 1.97. The van der Waals surface area contributed by atoms with Gasteiger partial charge >= 0.3 is 5.97 Å². The van der Waals surface area contributed by atoms with E-state index < -0.39 is 11.9 Å². The second kappa shape index (κ2) is 4.37. The third kappa shape index (κ3) is 2.33. The van der Waals surface area contributed by atoms with Crippen LogP contribution in [0.4, 0.5) is 0 Å². The molecule has 0 spiro atoms. The van der Waals surface area contributed by atoms with E-state index in [-0.39, 0.29) is 0 Å². The first-order chi connectivity index (χ1) is 8.08. The fraction of sp³-hybridized carbons (Fsp3) is 0.250. The number of aryl methyl sites for hydroxylation is 1. The van der Waals surface area contributed by atoms with Crippen LogP contribution in [0.15, 0.2) is 24.5 Å². The van der Waals surface area contributed by atoms with Gasteiger partial charge in [-0.25, -0.2) is 9.97 Å². The molecule has 0 aliphatic heterocycles. The van der Waals surface area contributed by atoms with Gasteiger partial charge in [-0.1, -0.05) is 0 Å². The number of H-pyrrole nitrogens is 1. The van der Waals surface area contributed by atoms with Crippen LogP contribution in [-0.2, 0) is 4.79 Å². The van der Waals surface area contributed by atoms with Crippen molar-refractivity contribution in [2.75, 3.05) is 0 Å². The van der Waals surface area contributed by atoms with Gasteiger partial charge in [-0.3, -0.25) is 4.79 Å². The third-order valence-electron chi connectivity index (χ3n) is 2.52. The van der Waals surface area contributed by atoms with Gasteiger partial charge in [0.25, 0.3) is 0 Å². The van der Waals surface area contributed by atoms with Gasteiger partial charge in [0.1, 0.15) is 11.7 Å². The number of nitrogens with zero attached hydrogens (tertiary/aromatic N) is 2. The lowest BCUT2D eigenvalue weighted by Crippen LogP contribution is -2.12. The molecule has 0 saturated heterocycles. The Bertz CT molecular complexity index is 535. The summed E-state index contributed by atoms with van der Waals surface area (Å²) in [6.45, 7) is 3.41. The average Bonchev–Trinajstić information content (AvgIpc) is 2.80. The second-order valence-electron chi connectivity index (χ2n) is 3.91. The van der Waals surface area contributed by atoms with Crippen LogP contribution in [0.2, 0.25) is 0 Å². The topological polar surface area (TPSA) is 78.9 Å². The molecule has 2 N–H and O–H groups in total. The molecule has 5 heteroatoms. The number of aromatic nitrogens is 3. The maximum Gasteiger partial charge on any atom is 0.313 e. The van der Waals surface area contributed by atoms with Gasteiger partial charge in [0.05, 0.1) is 5.69 Å². The molecule has 2 aromatic heterocycles. The molecule has 17 heavy (non-hydrogen) atoms. The molecule has 2 rings (SSSR count). The van der Waals surface area contributed by atoms with E-state index in [4.69, 9.17) is 5.11 Å². The van der Waals surface area contributed by atoms with Crippen molar-refractivity contribution in [2.45, 2.75) is 19.8 Å². The summed E-state index contributed by atoms with van der Waals surface area (Å²) in [5.41, 5.74) is 2.43. The van der Waals surface area contributed by atoms with E-state index in [1.54, 1.807) is 13.1 Å². The van der Waals surface area contributed by atoms with E-state index in [0.29, 0.717) is 5.82 Å². The van der Waals surface area contributed by atoms with Gasteiger partial charge in [0.15, 0.2) is 0 Å². The van der Waals surface area contributed by atoms with Gasteiger partial charge in [-0.05, 0) is 26.0 Å². The van der Waals surface area contributed by atoms with Crippen molar-refractivity contribution in [3.8, 4) is 11.3 Å². The minimum absolute atomic E-state index is 0.341. The predicted molar refractivity (Wildman–Crippen MR) is 62.6 cm³/mol. The Balaban J connectivity index is 2.46. The van der Waals surface area contributed by atoms with Gasteiger partial charge in [-0.15, -0.1) is 0 Å². The number of hydrogen-bond donors (Lipinski definition) is 2. The molecule has 0 fully saturated rings. The average molecular weight is 231 g/mol. The van der Waals surface area contributed by atoms with Gasteiger partial charge < -0.3 is 10.1 Å². The van der Waals surface area contributed by atoms with Crippen molar-refractivity contribution in [1.29, 1.82) is 0 Å². The number of rotatable bonds is 3. The van der Waals surface area contributed by atoms with Crippen molar-refractivity contribution in [3.05, 3.63) is 36.0 Å². The highest BCUT2D eigenvalue weighted by molar-refractivity contribution is 5.74. The van der Waals surface area contributed by atoms with Crippen molar-refractivity contribution in [2.24, 2.45) is 0 Å². The molecule has 0 aliphatic carbocycles. The maximum absolute atomic E-state index is 10.9. The SMILES string of the molecule is Cc1cc(-c2cc[nH]c2)nc(C(C)C(=O)O)n1. The van der Waals surface area contributed by atoms with Gasteiger partial charge in [-0.2, -0.15) is 0 Å². The molecule has 0 aromatic carbocycles. The Kier molecular flexibility index (Phi) is 2.91. The van der Waals surface area contributed by atoms with Crippen LogP contribution >= 0.6 is 0 Å². The summed E-state index contributed by atoms with van der Waals surface area (Å²) in [5.74, 6) is -1.28. The van der Waals surface area contributed by atoms with Crippen LogP contribution in [0.25, 0.3) is 11.3 Å². The molecule has 2 heterocycles. The summed E-state index contributed by atoms with van der Waals surface area (Å²) >= 11 is 0. The van der Waals surface area contributed by atoms with Crippen LogP contribution in [0.1, 0.15) is 24.4 Å². The minimum Gasteiger partial charge on any atom is -0.481 e. The fourth-order valence-electron chi connectivity index (χ4n) is 1.53. The van der Waals surface area contributed by atoms with Crippen LogP contribution in [0, 0.1) is 6.92 Å². The number of nitrogens with one attached hydrogen (secondary N) is 1. The second-order valence-corrected chi connectivity index (χ2v) is 3.91. The summed E-state index contributed by atoms with van der Waals surface area (Å²) in [7, 11) is 0. The standard InChI is InChI=1S/C12H13N3O2/c1-7-5-10(9-3-4-13-6-9)15-11(14-7)8(2)12(16)17/h3-6,8,13H,1-2H3,(H,16,17). The van der Waals surface area contributed by atoms with Gasteiger partial charge in [0, 0.05) is 23.7 Å². The summed E-state index contributed by atoms with van der Waals surface area (Å²) in [5, 5.41) is 8.96. The molecule has 5 nitrogen and oxygen atoms in total. The number of carboxylic acids is 1. The molecule has 1 atom stereocenters. The quantitative estimate of drug-likeness (QED) is 0.846. The summed E-state index contributed by atoms with van der Waals surface area (Å²) in [6, 6.07) is 3.72. The number of aromatic amines is 1. The zero-order valence-corrected chi connectivity index (χ0v) is 9.64. The maximum atomic E-state index is 10.9. The van der Waals surface area contributed by atoms with Crippen molar-refractivity contribution in [1.82, 2.24) is 15.0 Å². The lowest BCUT2D eigenvalue weighted by molar-refractivity contribution is -0.138. The van der Waals surface area contributed by atoms with Crippen molar-refractivity contribution >= 4 is 5.97 Å². The lowest BCUT2D eigenvalue weighted by atomic mass is 10.1. The number of aliphatic carboxylic acids is 1. The van der Waals surface area contributed by atoms with E-state index in [1.165, 1.54) is 0 Å². The summed E-state index contributed by atoms with van der Waals surface area (Å²) in [6.07, 6.45) is 3.62. The fourth-order valence-corrected chi connectivity index (χ4v) is 1.53. The van der Waals surface area contributed by atoms with E-state index in [0.717, 1.165) is 17.0 Å². The first kappa shape index (κ1) is 11.3. The number of hydrogen-bond acceptors (Lipinski definition) is 3. The van der Waals surface area contributed by atoms with E-state index in [1.807, 2.05) is 25.3 Å². The van der Waals surface area contributed by atoms with Gasteiger partial charge in [0.2, 0.25) is 0 Å². The third-order valence-corrected chi connectivity index (χ3v) is 2.52. The molecule has 0 saturated carbocycles. The summed E-state index contributed by atoms with van der Waals surface area (Å²) in [4.78, 5) is 22.3. The highest BCUT2D eigenvalue weighted by atomic mass is 16.4. The van der Waals surface area contributed by atoms with E-state index in [2.05, 4.69) is 15.0 Å². The Labute approximate surface area is 98.6 Å². The van der Waals surface area contributed by atoms with Crippen molar-refractivity contribution < 1.29 is 9.90 Å². The normalized spacial score (nSPS) is 12.4. The van der Waals surface area contributed by atoms with E-state index in [9.17, 15) is 4.79 Å². The first-order valence-corrected chi connectivity index (χ1v) is 5.29. The minimum atomic E-state index is -0.921. The zero-order chi connectivity index (χ0) is 12.4. The number of carboxylic acid groups (broad SMARTS) is 1.